The Hall–Kier alpha value is -2.44. The molecule has 0 bridgehead atoms. The first-order chi connectivity index (χ1) is 10.1. The molecule has 21 heavy (non-hydrogen) atoms. The number of ether oxygens (including phenoxy) is 1. The number of nitrogens with zero attached hydrogens (tertiary/aromatic N) is 4. The van der Waals surface area contributed by atoms with Gasteiger partial charge >= 0.3 is 6.01 Å². The van der Waals surface area contributed by atoms with Gasteiger partial charge in [0.25, 0.3) is 0 Å². The molecule has 0 spiro atoms. The minimum atomic E-state index is -0.330. The van der Waals surface area contributed by atoms with Gasteiger partial charge in [0.2, 0.25) is 11.9 Å². The van der Waals surface area contributed by atoms with Crippen molar-refractivity contribution in [3.05, 3.63) is 35.6 Å². The molecule has 2 rings (SSSR count). The molecule has 2 aromatic rings. The number of halogens is 1. The van der Waals surface area contributed by atoms with Crippen molar-refractivity contribution < 1.29 is 9.13 Å². The summed E-state index contributed by atoms with van der Waals surface area (Å²) < 4.78 is 18.9. The Morgan fingerprint density at radius 1 is 1.14 bits per heavy atom. The van der Waals surface area contributed by atoms with E-state index in [4.69, 9.17) is 10.5 Å². The number of benzene rings is 1. The molecule has 0 aliphatic carbocycles. The van der Waals surface area contributed by atoms with Crippen molar-refractivity contribution in [3.63, 3.8) is 0 Å². The van der Waals surface area contributed by atoms with E-state index in [1.54, 1.807) is 18.2 Å². The van der Waals surface area contributed by atoms with Crippen LogP contribution >= 0.6 is 0 Å². The molecule has 0 aliphatic heterocycles. The van der Waals surface area contributed by atoms with Crippen LogP contribution in [0.3, 0.4) is 0 Å². The zero-order valence-electron chi connectivity index (χ0n) is 12.1. The zero-order valence-corrected chi connectivity index (χ0v) is 12.1. The number of nitrogen functional groups attached to an aromatic ring is 1. The molecule has 0 saturated heterocycles. The molecule has 2 N–H and O–H groups in total. The van der Waals surface area contributed by atoms with Crippen LogP contribution < -0.4 is 15.4 Å². The molecule has 1 aromatic heterocycles. The summed E-state index contributed by atoms with van der Waals surface area (Å²) in [5, 5.41) is 0. The second-order valence-electron chi connectivity index (χ2n) is 4.33. The van der Waals surface area contributed by atoms with Gasteiger partial charge in [-0.25, -0.2) is 4.39 Å². The number of rotatable bonds is 6. The van der Waals surface area contributed by atoms with Crippen molar-refractivity contribution in [1.29, 1.82) is 0 Å². The number of hydrogen-bond donors (Lipinski definition) is 1. The molecule has 112 valence electrons. The molecule has 0 radical (unpaired) electrons. The average Bonchev–Trinajstić information content (AvgIpc) is 2.47. The Morgan fingerprint density at radius 3 is 2.52 bits per heavy atom. The molecule has 0 amide bonds. The van der Waals surface area contributed by atoms with Crippen LogP contribution in [0.4, 0.5) is 16.3 Å². The first-order valence-corrected chi connectivity index (χ1v) is 6.76. The lowest BCUT2D eigenvalue weighted by molar-refractivity contribution is 0.275. The van der Waals surface area contributed by atoms with Gasteiger partial charge in [-0.1, -0.05) is 18.2 Å². The van der Waals surface area contributed by atoms with Gasteiger partial charge in [0.15, 0.2) is 0 Å². The monoisotopic (exact) mass is 291 g/mol. The Kier molecular flexibility index (Phi) is 4.86. The van der Waals surface area contributed by atoms with Crippen LogP contribution in [0.1, 0.15) is 19.4 Å². The Labute approximate surface area is 122 Å². The van der Waals surface area contributed by atoms with Crippen molar-refractivity contribution in [2.45, 2.75) is 20.5 Å². The largest absolute Gasteiger partial charge is 0.458 e. The fraction of sp³-hybridized carbons (Fsp3) is 0.357. The van der Waals surface area contributed by atoms with E-state index in [1.165, 1.54) is 6.07 Å². The number of aromatic nitrogens is 3. The van der Waals surface area contributed by atoms with E-state index in [0.717, 1.165) is 13.1 Å². The van der Waals surface area contributed by atoms with E-state index in [2.05, 4.69) is 15.0 Å². The van der Waals surface area contributed by atoms with Gasteiger partial charge in [0, 0.05) is 18.7 Å². The summed E-state index contributed by atoms with van der Waals surface area (Å²) in [6, 6.07) is 6.48. The standard InChI is InChI=1S/C14H18FN5O/c1-3-20(4-2)13-17-12(16)18-14(19-13)21-9-10-7-5-6-8-11(10)15/h5-8H,3-4,9H2,1-2H3,(H2,16,17,18,19). The lowest BCUT2D eigenvalue weighted by Gasteiger charge is -2.18. The number of nitrogens with two attached hydrogens (primary N) is 1. The molecular formula is C14H18FN5O. The third-order valence-electron chi connectivity index (χ3n) is 2.98. The van der Waals surface area contributed by atoms with E-state index in [1.807, 2.05) is 18.7 Å². The molecule has 0 saturated carbocycles. The highest BCUT2D eigenvalue weighted by molar-refractivity contribution is 5.35. The van der Waals surface area contributed by atoms with Gasteiger partial charge < -0.3 is 15.4 Å². The summed E-state index contributed by atoms with van der Waals surface area (Å²) in [6.07, 6.45) is 0. The quantitative estimate of drug-likeness (QED) is 0.877. The fourth-order valence-corrected chi connectivity index (χ4v) is 1.83. The van der Waals surface area contributed by atoms with E-state index >= 15 is 0 Å². The van der Waals surface area contributed by atoms with Gasteiger partial charge in [-0.3, -0.25) is 0 Å². The summed E-state index contributed by atoms with van der Waals surface area (Å²) in [6.45, 7) is 5.50. The molecule has 0 atom stereocenters. The Balaban J connectivity index is 2.15. The van der Waals surface area contributed by atoms with Crippen molar-refractivity contribution in [2.24, 2.45) is 0 Å². The maximum absolute atomic E-state index is 13.5. The Morgan fingerprint density at radius 2 is 1.86 bits per heavy atom. The highest BCUT2D eigenvalue weighted by Crippen LogP contribution is 2.15. The normalized spacial score (nSPS) is 10.4. The van der Waals surface area contributed by atoms with E-state index < -0.39 is 0 Å². The van der Waals surface area contributed by atoms with Gasteiger partial charge in [0.05, 0.1) is 0 Å². The molecular weight excluding hydrogens is 273 g/mol. The lowest BCUT2D eigenvalue weighted by Crippen LogP contribution is -2.25. The van der Waals surface area contributed by atoms with E-state index in [-0.39, 0.29) is 24.4 Å². The molecule has 1 heterocycles. The number of anilines is 2. The summed E-state index contributed by atoms with van der Waals surface area (Å²) in [7, 11) is 0. The van der Waals surface area contributed by atoms with Gasteiger partial charge in [-0.2, -0.15) is 15.0 Å². The topological polar surface area (TPSA) is 77.2 Å². The number of hydrogen-bond acceptors (Lipinski definition) is 6. The van der Waals surface area contributed by atoms with Crippen LogP contribution in [0, 0.1) is 5.82 Å². The summed E-state index contributed by atoms with van der Waals surface area (Å²) in [5.41, 5.74) is 6.09. The fourth-order valence-electron chi connectivity index (χ4n) is 1.83. The SMILES string of the molecule is CCN(CC)c1nc(N)nc(OCc2ccccc2F)n1. The second-order valence-corrected chi connectivity index (χ2v) is 4.33. The van der Waals surface area contributed by atoms with E-state index in [9.17, 15) is 4.39 Å². The lowest BCUT2D eigenvalue weighted by atomic mass is 10.2. The van der Waals surface area contributed by atoms with Gasteiger partial charge in [-0.15, -0.1) is 0 Å². The molecule has 7 heteroatoms. The molecule has 0 fully saturated rings. The summed E-state index contributed by atoms with van der Waals surface area (Å²) in [4.78, 5) is 14.1. The highest BCUT2D eigenvalue weighted by atomic mass is 19.1. The van der Waals surface area contributed by atoms with Crippen LogP contribution in [-0.2, 0) is 6.61 Å². The predicted octanol–water partition coefficient (Wildman–Crippen LogP) is 2.02. The van der Waals surface area contributed by atoms with Crippen molar-refractivity contribution in [3.8, 4) is 6.01 Å². The second kappa shape index (κ2) is 6.83. The first-order valence-electron chi connectivity index (χ1n) is 6.76. The first kappa shape index (κ1) is 15.0. The van der Waals surface area contributed by atoms with Crippen molar-refractivity contribution >= 4 is 11.9 Å². The third-order valence-corrected chi connectivity index (χ3v) is 2.98. The van der Waals surface area contributed by atoms with Crippen LogP contribution in [0.5, 0.6) is 6.01 Å². The zero-order chi connectivity index (χ0) is 15.2. The van der Waals surface area contributed by atoms with Gasteiger partial charge in [-0.05, 0) is 19.9 Å². The third kappa shape index (κ3) is 3.77. The maximum atomic E-state index is 13.5. The van der Waals surface area contributed by atoms with Gasteiger partial charge in [0.1, 0.15) is 12.4 Å². The highest BCUT2D eigenvalue weighted by Gasteiger charge is 2.11. The molecule has 0 aliphatic rings. The van der Waals surface area contributed by atoms with Crippen LogP contribution in [0.15, 0.2) is 24.3 Å². The van der Waals surface area contributed by atoms with Crippen molar-refractivity contribution in [1.82, 2.24) is 15.0 Å². The smallest absolute Gasteiger partial charge is 0.323 e. The predicted molar refractivity (Wildman–Crippen MR) is 78.5 cm³/mol. The van der Waals surface area contributed by atoms with Crippen LogP contribution in [0.2, 0.25) is 0 Å². The minimum Gasteiger partial charge on any atom is -0.458 e. The molecule has 0 unspecified atom stereocenters. The average molecular weight is 291 g/mol. The summed E-state index contributed by atoms with van der Waals surface area (Å²) >= 11 is 0. The summed E-state index contributed by atoms with van der Waals surface area (Å²) in [5.74, 6) is 0.204. The van der Waals surface area contributed by atoms with Crippen molar-refractivity contribution in [2.75, 3.05) is 23.7 Å². The van der Waals surface area contributed by atoms with Crippen LogP contribution in [0.25, 0.3) is 0 Å². The maximum Gasteiger partial charge on any atom is 0.323 e. The minimum absolute atomic E-state index is 0.0355. The van der Waals surface area contributed by atoms with Crippen LogP contribution in [-0.4, -0.2) is 28.0 Å². The molecule has 6 nitrogen and oxygen atoms in total. The molecule has 1 aromatic carbocycles. The van der Waals surface area contributed by atoms with E-state index in [0.29, 0.717) is 11.5 Å². The Bertz CT molecular complexity index is 604.